The van der Waals surface area contributed by atoms with Crippen molar-refractivity contribution in [2.24, 2.45) is 0 Å². The van der Waals surface area contributed by atoms with Crippen molar-refractivity contribution >= 4 is 26.5 Å². The topological polar surface area (TPSA) is 110 Å². The zero-order valence-corrected chi connectivity index (χ0v) is 14.0. The van der Waals surface area contributed by atoms with Crippen LogP contribution in [-0.4, -0.2) is 18.6 Å². The summed E-state index contributed by atoms with van der Waals surface area (Å²) in [7, 11) is -4.06. The molecule has 0 aliphatic carbocycles. The highest BCUT2D eigenvalue weighted by Gasteiger charge is 2.21. The lowest BCUT2D eigenvalue weighted by molar-refractivity contribution is 0.408. The number of nitriles is 1. The van der Waals surface area contributed by atoms with E-state index in [0.717, 1.165) is 11.6 Å². The number of benzene rings is 3. The van der Waals surface area contributed by atoms with Crippen LogP contribution in [0.1, 0.15) is 11.1 Å². The Balaban J connectivity index is 2.16. The maximum atomic E-state index is 12.7. The molecule has 0 aromatic heterocycles. The molecule has 6 nitrogen and oxygen atoms in total. The van der Waals surface area contributed by atoms with Gasteiger partial charge < -0.3 is 10.2 Å². The van der Waals surface area contributed by atoms with E-state index in [0.29, 0.717) is 10.8 Å². The number of hydrogen-bond donors (Lipinski definition) is 3. The molecular weight excluding hydrogens is 340 g/mol. The zero-order valence-electron chi connectivity index (χ0n) is 13.2. The van der Waals surface area contributed by atoms with Crippen molar-refractivity contribution in [3.8, 4) is 17.6 Å². The van der Waals surface area contributed by atoms with E-state index in [4.69, 9.17) is 0 Å². The Bertz CT molecular complexity index is 1130. The van der Waals surface area contributed by atoms with Crippen molar-refractivity contribution in [3.05, 3.63) is 59.7 Å². The van der Waals surface area contributed by atoms with E-state index in [1.54, 1.807) is 37.3 Å². The summed E-state index contributed by atoms with van der Waals surface area (Å²) < 4.78 is 27.8. The Labute approximate surface area is 144 Å². The minimum atomic E-state index is -4.06. The van der Waals surface area contributed by atoms with Gasteiger partial charge >= 0.3 is 0 Å². The van der Waals surface area contributed by atoms with E-state index in [1.165, 1.54) is 12.1 Å². The first kappa shape index (κ1) is 16.6. The third-order valence-corrected chi connectivity index (χ3v) is 5.21. The summed E-state index contributed by atoms with van der Waals surface area (Å²) >= 11 is 0. The SMILES string of the molecule is Cc1ccc(S(=O)(=O)Nc2cc(O)c(O)c3ccccc23)c(C#N)c1. The van der Waals surface area contributed by atoms with Gasteiger partial charge in [0.2, 0.25) is 0 Å². The van der Waals surface area contributed by atoms with Gasteiger partial charge in [0, 0.05) is 16.8 Å². The molecule has 0 bridgehead atoms. The second kappa shape index (κ2) is 6.00. The number of sulfonamides is 1. The van der Waals surface area contributed by atoms with Gasteiger partial charge in [-0.2, -0.15) is 5.26 Å². The highest BCUT2D eigenvalue weighted by Crippen LogP contribution is 2.39. The Morgan fingerprint density at radius 2 is 1.72 bits per heavy atom. The van der Waals surface area contributed by atoms with E-state index in [1.807, 2.05) is 6.07 Å². The number of phenolic OH excluding ortho intramolecular Hbond substituents is 2. The molecule has 0 unspecified atom stereocenters. The average Bonchev–Trinajstić information content (AvgIpc) is 2.59. The van der Waals surface area contributed by atoms with Gasteiger partial charge in [0.15, 0.2) is 11.5 Å². The van der Waals surface area contributed by atoms with Crippen molar-refractivity contribution in [2.75, 3.05) is 4.72 Å². The number of aromatic hydroxyl groups is 2. The smallest absolute Gasteiger partial charge is 0.263 e. The summed E-state index contributed by atoms with van der Waals surface area (Å²) in [5.41, 5.74) is 0.901. The Kier molecular flexibility index (Phi) is 3.99. The van der Waals surface area contributed by atoms with Crippen LogP contribution in [0.25, 0.3) is 10.8 Å². The summed E-state index contributed by atoms with van der Waals surface area (Å²) in [6, 6.07) is 14.0. The molecule has 3 N–H and O–H groups in total. The largest absolute Gasteiger partial charge is 0.504 e. The summed E-state index contributed by atoms with van der Waals surface area (Å²) in [5, 5.41) is 29.7. The van der Waals surface area contributed by atoms with Crippen LogP contribution in [0.5, 0.6) is 11.5 Å². The second-order valence-corrected chi connectivity index (χ2v) is 7.21. The summed E-state index contributed by atoms with van der Waals surface area (Å²) in [6.07, 6.45) is 0. The number of hydrogen-bond acceptors (Lipinski definition) is 5. The summed E-state index contributed by atoms with van der Waals surface area (Å²) in [6.45, 7) is 1.76. The van der Waals surface area contributed by atoms with Crippen LogP contribution in [0, 0.1) is 18.3 Å². The van der Waals surface area contributed by atoms with Crippen molar-refractivity contribution in [1.82, 2.24) is 0 Å². The highest BCUT2D eigenvalue weighted by atomic mass is 32.2. The van der Waals surface area contributed by atoms with Gasteiger partial charge in [-0.1, -0.05) is 30.3 Å². The van der Waals surface area contributed by atoms with Gasteiger partial charge in [-0.25, -0.2) is 8.42 Å². The molecule has 0 aliphatic heterocycles. The Morgan fingerprint density at radius 3 is 2.40 bits per heavy atom. The molecule has 0 heterocycles. The molecule has 0 amide bonds. The Hall–Kier alpha value is -3.24. The molecule has 0 fully saturated rings. The van der Waals surface area contributed by atoms with E-state index < -0.39 is 15.8 Å². The molecule has 126 valence electrons. The molecule has 0 spiro atoms. The number of aryl methyl sites for hydroxylation is 1. The molecule has 0 aliphatic rings. The zero-order chi connectivity index (χ0) is 18.2. The maximum Gasteiger partial charge on any atom is 0.263 e. The lowest BCUT2D eigenvalue weighted by atomic mass is 10.1. The molecule has 0 saturated carbocycles. The minimum Gasteiger partial charge on any atom is -0.504 e. The van der Waals surface area contributed by atoms with Gasteiger partial charge in [-0.15, -0.1) is 0 Å². The van der Waals surface area contributed by atoms with E-state index in [2.05, 4.69) is 4.72 Å². The normalized spacial score (nSPS) is 11.2. The van der Waals surface area contributed by atoms with Crippen LogP contribution < -0.4 is 4.72 Å². The second-order valence-electron chi connectivity index (χ2n) is 5.55. The van der Waals surface area contributed by atoms with Crippen LogP contribution in [0.2, 0.25) is 0 Å². The molecule has 0 atom stereocenters. The van der Waals surface area contributed by atoms with E-state index in [-0.39, 0.29) is 21.9 Å². The molecule has 0 radical (unpaired) electrons. The minimum absolute atomic E-state index is 0.0276. The number of nitrogens with zero attached hydrogens (tertiary/aromatic N) is 1. The van der Waals surface area contributed by atoms with Gasteiger partial charge in [-0.05, 0) is 24.6 Å². The van der Waals surface area contributed by atoms with Crippen molar-refractivity contribution in [3.63, 3.8) is 0 Å². The van der Waals surface area contributed by atoms with Crippen LogP contribution in [-0.2, 0) is 10.0 Å². The number of rotatable bonds is 3. The van der Waals surface area contributed by atoms with Crippen LogP contribution >= 0.6 is 0 Å². The van der Waals surface area contributed by atoms with E-state index >= 15 is 0 Å². The third kappa shape index (κ3) is 2.95. The van der Waals surface area contributed by atoms with Crippen LogP contribution in [0.3, 0.4) is 0 Å². The predicted molar refractivity (Wildman–Crippen MR) is 94.0 cm³/mol. The van der Waals surface area contributed by atoms with E-state index in [9.17, 15) is 23.9 Å². The predicted octanol–water partition coefficient (Wildman–Crippen LogP) is 3.23. The lowest BCUT2D eigenvalue weighted by Crippen LogP contribution is -2.14. The molecule has 0 saturated heterocycles. The molecular formula is C18H14N2O4S. The Morgan fingerprint density at radius 1 is 1.04 bits per heavy atom. The first-order valence-corrected chi connectivity index (χ1v) is 8.79. The molecule has 3 rings (SSSR count). The number of phenols is 2. The van der Waals surface area contributed by atoms with Crippen LogP contribution in [0.4, 0.5) is 5.69 Å². The molecule has 3 aromatic rings. The third-order valence-electron chi connectivity index (χ3n) is 3.79. The van der Waals surface area contributed by atoms with Gasteiger partial charge in [0.05, 0.1) is 11.3 Å². The van der Waals surface area contributed by atoms with Gasteiger partial charge in [0.1, 0.15) is 11.0 Å². The quantitative estimate of drug-likeness (QED) is 0.494. The standard InChI is InChI=1S/C18H14N2O4S/c1-11-6-7-17(12(8-11)10-19)25(23,24)20-15-9-16(21)18(22)14-5-3-2-4-13(14)15/h2-9,20-22H,1H3. The van der Waals surface area contributed by atoms with Crippen molar-refractivity contribution < 1.29 is 18.6 Å². The lowest BCUT2D eigenvalue weighted by Gasteiger charge is -2.13. The van der Waals surface area contributed by atoms with Crippen LogP contribution in [0.15, 0.2) is 53.4 Å². The summed E-state index contributed by atoms with van der Waals surface area (Å²) in [4.78, 5) is -0.155. The fourth-order valence-electron chi connectivity index (χ4n) is 2.59. The number of anilines is 1. The molecule has 25 heavy (non-hydrogen) atoms. The van der Waals surface area contributed by atoms with Gasteiger partial charge in [-0.3, -0.25) is 4.72 Å². The first-order valence-electron chi connectivity index (χ1n) is 7.31. The fraction of sp³-hybridized carbons (Fsp3) is 0.0556. The maximum absolute atomic E-state index is 12.7. The molecule has 3 aromatic carbocycles. The summed E-state index contributed by atoms with van der Waals surface area (Å²) in [5.74, 6) is -0.771. The first-order chi connectivity index (χ1) is 11.8. The number of fused-ring (bicyclic) bond motifs is 1. The monoisotopic (exact) mass is 354 g/mol. The average molecular weight is 354 g/mol. The highest BCUT2D eigenvalue weighted by molar-refractivity contribution is 7.92. The van der Waals surface area contributed by atoms with Crippen molar-refractivity contribution in [1.29, 1.82) is 5.26 Å². The fourth-order valence-corrected chi connectivity index (χ4v) is 3.80. The van der Waals surface area contributed by atoms with Gasteiger partial charge in [0.25, 0.3) is 10.0 Å². The van der Waals surface area contributed by atoms with Crippen molar-refractivity contribution in [2.45, 2.75) is 11.8 Å². The molecule has 7 heteroatoms. The number of nitrogens with one attached hydrogen (secondary N) is 1.